The van der Waals surface area contributed by atoms with Gasteiger partial charge in [0.15, 0.2) is 5.82 Å². The van der Waals surface area contributed by atoms with Crippen LogP contribution in [0.1, 0.15) is 5.56 Å². The lowest BCUT2D eigenvalue weighted by Gasteiger charge is -2.28. The van der Waals surface area contributed by atoms with Gasteiger partial charge in [-0.2, -0.15) is 5.26 Å². The van der Waals surface area contributed by atoms with Crippen molar-refractivity contribution in [1.82, 2.24) is 24.9 Å². The van der Waals surface area contributed by atoms with Gasteiger partial charge in [-0.05, 0) is 18.2 Å². The summed E-state index contributed by atoms with van der Waals surface area (Å²) in [6, 6.07) is 7.63. The largest absolute Gasteiger partial charge is 0.351 e. The summed E-state index contributed by atoms with van der Waals surface area (Å²) in [5.74, 6) is 0.853. The van der Waals surface area contributed by atoms with Gasteiger partial charge < -0.3 is 10.2 Å². The standard InChI is InChI=1S/C14H13N7/c15-8-10-1-2-11-12(7-10)21-9-17-19-14(21)13(18-11)20-5-3-16-4-6-20/h1-2,7,9,16H,3-6H2. The van der Waals surface area contributed by atoms with Gasteiger partial charge in [0.25, 0.3) is 0 Å². The van der Waals surface area contributed by atoms with Crippen molar-refractivity contribution in [3.63, 3.8) is 0 Å². The monoisotopic (exact) mass is 279 g/mol. The van der Waals surface area contributed by atoms with Crippen molar-refractivity contribution in [2.45, 2.75) is 0 Å². The molecule has 0 saturated carbocycles. The lowest BCUT2D eigenvalue weighted by atomic mass is 10.2. The van der Waals surface area contributed by atoms with Crippen LogP contribution in [-0.4, -0.2) is 45.8 Å². The minimum atomic E-state index is 0.606. The minimum Gasteiger partial charge on any atom is -0.351 e. The van der Waals surface area contributed by atoms with Gasteiger partial charge >= 0.3 is 0 Å². The molecule has 2 aromatic heterocycles. The Morgan fingerprint density at radius 1 is 1.24 bits per heavy atom. The Hall–Kier alpha value is -2.72. The van der Waals surface area contributed by atoms with Crippen molar-refractivity contribution in [2.24, 2.45) is 0 Å². The fourth-order valence-corrected chi connectivity index (χ4v) is 2.70. The molecule has 1 aromatic carbocycles. The Morgan fingerprint density at radius 2 is 2.10 bits per heavy atom. The quantitative estimate of drug-likeness (QED) is 0.701. The van der Waals surface area contributed by atoms with Crippen LogP contribution in [0.4, 0.5) is 5.82 Å². The number of hydrogen-bond donors (Lipinski definition) is 1. The normalized spacial score (nSPS) is 15.5. The molecule has 0 amide bonds. The van der Waals surface area contributed by atoms with E-state index >= 15 is 0 Å². The first-order chi connectivity index (χ1) is 10.4. The molecule has 0 aliphatic carbocycles. The Bertz CT molecular complexity index is 855. The number of aromatic nitrogens is 4. The van der Waals surface area contributed by atoms with Crippen LogP contribution in [0.25, 0.3) is 16.7 Å². The van der Waals surface area contributed by atoms with E-state index in [4.69, 9.17) is 10.2 Å². The highest BCUT2D eigenvalue weighted by atomic mass is 15.3. The molecule has 3 heterocycles. The zero-order chi connectivity index (χ0) is 14.2. The summed E-state index contributed by atoms with van der Waals surface area (Å²) in [7, 11) is 0. The van der Waals surface area contributed by atoms with E-state index in [9.17, 15) is 0 Å². The third-order valence-electron chi connectivity index (χ3n) is 3.75. The zero-order valence-electron chi connectivity index (χ0n) is 11.3. The maximum absolute atomic E-state index is 9.05. The second kappa shape index (κ2) is 4.68. The van der Waals surface area contributed by atoms with Crippen LogP contribution in [-0.2, 0) is 0 Å². The summed E-state index contributed by atoms with van der Waals surface area (Å²) in [5.41, 5.74) is 3.04. The summed E-state index contributed by atoms with van der Waals surface area (Å²) >= 11 is 0. The molecule has 7 heteroatoms. The summed E-state index contributed by atoms with van der Waals surface area (Å²) in [5, 5.41) is 20.6. The topological polar surface area (TPSA) is 82.1 Å². The summed E-state index contributed by atoms with van der Waals surface area (Å²) in [4.78, 5) is 6.96. The fraction of sp³-hybridized carbons (Fsp3) is 0.286. The molecule has 4 rings (SSSR count). The highest BCUT2D eigenvalue weighted by Crippen LogP contribution is 2.24. The number of hydrogen-bond acceptors (Lipinski definition) is 6. The number of fused-ring (bicyclic) bond motifs is 3. The fourth-order valence-electron chi connectivity index (χ4n) is 2.70. The van der Waals surface area contributed by atoms with Crippen LogP contribution < -0.4 is 10.2 Å². The smallest absolute Gasteiger partial charge is 0.204 e. The molecule has 0 spiro atoms. The molecule has 0 unspecified atom stereocenters. The van der Waals surface area contributed by atoms with Gasteiger partial charge in [0.2, 0.25) is 5.65 Å². The SMILES string of the molecule is N#Cc1ccc2nc(N3CCNCC3)c3nncn3c2c1. The molecule has 0 atom stereocenters. The Kier molecular flexibility index (Phi) is 2.69. The van der Waals surface area contributed by atoms with E-state index in [1.165, 1.54) is 0 Å². The Balaban J connectivity index is 1.98. The van der Waals surface area contributed by atoms with Gasteiger partial charge in [-0.1, -0.05) is 0 Å². The van der Waals surface area contributed by atoms with E-state index < -0.39 is 0 Å². The molecule has 1 N–H and O–H groups in total. The number of nitrogens with zero attached hydrogens (tertiary/aromatic N) is 6. The molecular weight excluding hydrogens is 266 g/mol. The number of nitriles is 1. The number of rotatable bonds is 1. The van der Waals surface area contributed by atoms with Crippen molar-refractivity contribution in [1.29, 1.82) is 5.26 Å². The second-order valence-corrected chi connectivity index (χ2v) is 5.01. The van der Waals surface area contributed by atoms with E-state index in [1.54, 1.807) is 12.4 Å². The first-order valence-electron chi connectivity index (χ1n) is 6.86. The van der Waals surface area contributed by atoms with Gasteiger partial charge in [-0.25, -0.2) is 4.98 Å². The van der Waals surface area contributed by atoms with Crippen molar-refractivity contribution in [2.75, 3.05) is 31.1 Å². The second-order valence-electron chi connectivity index (χ2n) is 5.01. The first-order valence-corrected chi connectivity index (χ1v) is 6.86. The van der Waals surface area contributed by atoms with Gasteiger partial charge in [-0.15, -0.1) is 10.2 Å². The minimum absolute atomic E-state index is 0.606. The van der Waals surface area contributed by atoms with E-state index in [1.807, 2.05) is 16.5 Å². The summed E-state index contributed by atoms with van der Waals surface area (Å²) in [6.07, 6.45) is 1.67. The summed E-state index contributed by atoms with van der Waals surface area (Å²) in [6.45, 7) is 3.68. The molecule has 21 heavy (non-hydrogen) atoms. The number of nitrogens with one attached hydrogen (secondary N) is 1. The molecule has 1 fully saturated rings. The van der Waals surface area contributed by atoms with Crippen LogP contribution in [0, 0.1) is 11.3 Å². The van der Waals surface area contributed by atoms with Crippen molar-refractivity contribution in [3.05, 3.63) is 30.1 Å². The molecule has 0 radical (unpaired) electrons. The molecule has 7 nitrogen and oxygen atoms in total. The van der Waals surface area contributed by atoms with Gasteiger partial charge in [0.05, 0.1) is 22.7 Å². The predicted octanol–water partition coefficient (Wildman–Crippen LogP) is 0.559. The maximum atomic E-state index is 9.05. The average Bonchev–Trinajstić information content (AvgIpc) is 3.04. The van der Waals surface area contributed by atoms with Gasteiger partial charge in [0, 0.05) is 26.2 Å². The molecule has 3 aromatic rings. The van der Waals surface area contributed by atoms with E-state index in [-0.39, 0.29) is 0 Å². The predicted molar refractivity (Wildman–Crippen MR) is 78.1 cm³/mol. The van der Waals surface area contributed by atoms with E-state index in [0.717, 1.165) is 48.7 Å². The molecule has 1 aliphatic rings. The van der Waals surface area contributed by atoms with E-state index in [0.29, 0.717) is 5.56 Å². The van der Waals surface area contributed by atoms with Crippen LogP contribution in [0.15, 0.2) is 24.5 Å². The average molecular weight is 279 g/mol. The van der Waals surface area contributed by atoms with Gasteiger partial charge in [-0.3, -0.25) is 4.40 Å². The first kappa shape index (κ1) is 12.1. The third kappa shape index (κ3) is 1.88. The van der Waals surface area contributed by atoms with Crippen LogP contribution in [0.3, 0.4) is 0 Å². The van der Waals surface area contributed by atoms with Crippen molar-refractivity contribution < 1.29 is 0 Å². The maximum Gasteiger partial charge on any atom is 0.204 e. The molecular formula is C14H13N7. The summed E-state index contributed by atoms with van der Waals surface area (Å²) < 4.78 is 1.90. The van der Waals surface area contributed by atoms with Crippen LogP contribution in [0.2, 0.25) is 0 Å². The van der Waals surface area contributed by atoms with Crippen LogP contribution >= 0.6 is 0 Å². The lowest BCUT2D eigenvalue weighted by molar-refractivity contribution is 0.586. The number of benzene rings is 1. The Morgan fingerprint density at radius 3 is 2.90 bits per heavy atom. The van der Waals surface area contributed by atoms with Crippen molar-refractivity contribution >= 4 is 22.5 Å². The van der Waals surface area contributed by atoms with Crippen LogP contribution in [0.5, 0.6) is 0 Å². The zero-order valence-corrected chi connectivity index (χ0v) is 11.3. The Labute approximate surface area is 120 Å². The van der Waals surface area contributed by atoms with Crippen molar-refractivity contribution in [3.8, 4) is 6.07 Å². The van der Waals surface area contributed by atoms with Gasteiger partial charge in [0.1, 0.15) is 6.33 Å². The van der Waals surface area contributed by atoms with E-state index in [2.05, 4.69) is 26.5 Å². The highest BCUT2D eigenvalue weighted by molar-refractivity contribution is 5.84. The number of piperazine rings is 1. The molecule has 1 saturated heterocycles. The molecule has 104 valence electrons. The third-order valence-corrected chi connectivity index (χ3v) is 3.75. The molecule has 0 bridgehead atoms. The lowest BCUT2D eigenvalue weighted by Crippen LogP contribution is -2.44. The highest BCUT2D eigenvalue weighted by Gasteiger charge is 2.18. The molecule has 1 aliphatic heterocycles. The number of anilines is 1.